The van der Waals surface area contributed by atoms with E-state index in [4.69, 9.17) is 5.73 Å². The van der Waals surface area contributed by atoms with Crippen molar-refractivity contribution < 1.29 is 0 Å². The minimum Gasteiger partial charge on any atom is -0.398 e. The first kappa shape index (κ1) is 12.6. The van der Waals surface area contributed by atoms with Crippen molar-refractivity contribution in [3.8, 4) is 11.1 Å². The average Bonchev–Trinajstić information content (AvgIpc) is 2.36. The third-order valence-electron chi connectivity index (χ3n) is 4.12. The Hall–Kier alpha value is -1.83. The molecule has 18 heavy (non-hydrogen) atoms. The van der Waals surface area contributed by atoms with Gasteiger partial charge in [-0.1, -0.05) is 0 Å². The molecule has 1 heterocycles. The molecular weight excluding hydrogens is 220 g/mol. The van der Waals surface area contributed by atoms with Gasteiger partial charge in [-0.3, -0.25) is 4.98 Å². The van der Waals surface area contributed by atoms with E-state index < -0.39 is 0 Å². The highest BCUT2D eigenvalue weighted by molar-refractivity contribution is 5.82. The van der Waals surface area contributed by atoms with Crippen molar-refractivity contribution in [2.75, 3.05) is 5.73 Å². The van der Waals surface area contributed by atoms with E-state index in [2.05, 4.69) is 39.6 Å². The van der Waals surface area contributed by atoms with Crippen molar-refractivity contribution in [2.24, 2.45) is 0 Å². The summed E-state index contributed by atoms with van der Waals surface area (Å²) in [6.45, 7) is 10.9. The van der Waals surface area contributed by atoms with Gasteiger partial charge in [-0.25, -0.2) is 0 Å². The summed E-state index contributed by atoms with van der Waals surface area (Å²) < 4.78 is 0. The highest BCUT2D eigenvalue weighted by Gasteiger charge is 2.15. The number of aromatic nitrogens is 1. The molecule has 0 bridgehead atoms. The Balaban J connectivity index is 2.85. The number of hydrogen-bond donors (Lipinski definition) is 1. The van der Waals surface area contributed by atoms with Gasteiger partial charge in [-0.05, 0) is 74.1 Å². The maximum atomic E-state index is 6.09. The molecule has 0 aliphatic heterocycles. The lowest BCUT2D eigenvalue weighted by atomic mass is 9.86. The van der Waals surface area contributed by atoms with Crippen LogP contribution in [0, 0.1) is 34.6 Å². The highest BCUT2D eigenvalue weighted by atomic mass is 14.7. The third-order valence-corrected chi connectivity index (χ3v) is 4.12. The molecule has 0 amide bonds. The van der Waals surface area contributed by atoms with E-state index in [9.17, 15) is 0 Å². The van der Waals surface area contributed by atoms with Crippen LogP contribution in [0.25, 0.3) is 11.1 Å². The third kappa shape index (κ3) is 1.78. The molecule has 0 aliphatic carbocycles. The van der Waals surface area contributed by atoms with Gasteiger partial charge in [0.1, 0.15) is 0 Å². The molecule has 0 atom stereocenters. The molecule has 2 heteroatoms. The molecule has 2 nitrogen and oxygen atoms in total. The molecule has 1 aromatic carbocycles. The largest absolute Gasteiger partial charge is 0.398 e. The van der Waals surface area contributed by atoms with Crippen LogP contribution in [0.3, 0.4) is 0 Å². The van der Waals surface area contributed by atoms with Crippen LogP contribution in [0.1, 0.15) is 27.8 Å². The molecule has 0 radical (unpaired) electrons. The van der Waals surface area contributed by atoms with Gasteiger partial charge in [0.25, 0.3) is 0 Å². The number of anilines is 1. The van der Waals surface area contributed by atoms with Crippen molar-refractivity contribution in [1.82, 2.24) is 4.98 Å². The molecular formula is C16H20N2. The van der Waals surface area contributed by atoms with Crippen LogP contribution in [0.4, 0.5) is 5.69 Å². The molecule has 2 aromatic rings. The summed E-state index contributed by atoms with van der Waals surface area (Å²) >= 11 is 0. The number of nitrogens with two attached hydrogens (primary N) is 1. The predicted octanol–water partition coefficient (Wildman–Crippen LogP) is 3.87. The molecule has 0 spiro atoms. The quantitative estimate of drug-likeness (QED) is 0.821. The van der Waals surface area contributed by atoms with Crippen molar-refractivity contribution in [3.05, 3.63) is 46.3 Å². The fraction of sp³-hybridized carbons (Fsp3) is 0.312. The molecule has 0 aliphatic rings. The maximum Gasteiger partial charge on any atom is 0.0424 e. The lowest BCUT2D eigenvalue weighted by molar-refractivity contribution is 1.17. The van der Waals surface area contributed by atoms with E-state index in [1.54, 1.807) is 6.20 Å². The minimum atomic E-state index is 0.791. The normalized spacial score (nSPS) is 10.7. The van der Waals surface area contributed by atoms with E-state index in [0.29, 0.717) is 0 Å². The van der Waals surface area contributed by atoms with Gasteiger partial charge in [-0.15, -0.1) is 0 Å². The smallest absolute Gasteiger partial charge is 0.0424 e. The summed E-state index contributed by atoms with van der Waals surface area (Å²) in [7, 11) is 0. The highest BCUT2D eigenvalue weighted by Crippen LogP contribution is 2.36. The van der Waals surface area contributed by atoms with Crippen LogP contribution in [0.15, 0.2) is 18.5 Å². The summed E-state index contributed by atoms with van der Waals surface area (Å²) in [5.74, 6) is 0. The van der Waals surface area contributed by atoms with Gasteiger partial charge in [0.2, 0.25) is 0 Å². The standard InChI is InChI=1S/C16H20N2/c1-9-10(2)12(4)16(13(5)11(9)3)14-8-18-7-6-15(14)17/h6-8H,1-5H3,(H2,17,18). The monoisotopic (exact) mass is 240 g/mol. The average molecular weight is 240 g/mol. The second-order valence-electron chi connectivity index (χ2n) is 4.96. The molecule has 0 fully saturated rings. The zero-order chi connectivity index (χ0) is 13.4. The van der Waals surface area contributed by atoms with Crippen LogP contribution >= 0.6 is 0 Å². The van der Waals surface area contributed by atoms with Gasteiger partial charge in [0, 0.05) is 23.6 Å². The van der Waals surface area contributed by atoms with Gasteiger partial charge in [0.15, 0.2) is 0 Å². The van der Waals surface area contributed by atoms with E-state index >= 15 is 0 Å². The molecule has 0 unspecified atom stereocenters. The predicted molar refractivity (Wildman–Crippen MR) is 77.8 cm³/mol. The fourth-order valence-corrected chi connectivity index (χ4v) is 2.52. The first-order valence-electron chi connectivity index (χ1n) is 6.22. The zero-order valence-corrected chi connectivity index (χ0v) is 11.8. The topological polar surface area (TPSA) is 38.9 Å². The Morgan fingerprint density at radius 2 is 1.33 bits per heavy atom. The lowest BCUT2D eigenvalue weighted by Gasteiger charge is -2.19. The zero-order valence-electron chi connectivity index (χ0n) is 11.8. The second kappa shape index (κ2) is 4.45. The number of hydrogen-bond acceptors (Lipinski definition) is 2. The van der Waals surface area contributed by atoms with E-state index in [1.807, 2.05) is 12.3 Å². The molecule has 94 valence electrons. The number of nitrogen functional groups attached to an aromatic ring is 1. The first-order chi connectivity index (χ1) is 8.45. The van der Waals surface area contributed by atoms with Crippen molar-refractivity contribution in [2.45, 2.75) is 34.6 Å². The summed E-state index contributed by atoms with van der Waals surface area (Å²) in [5.41, 5.74) is 15.8. The summed E-state index contributed by atoms with van der Waals surface area (Å²) in [4.78, 5) is 4.21. The van der Waals surface area contributed by atoms with E-state index in [0.717, 1.165) is 11.3 Å². The fourth-order valence-electron chi connectivity index (χ4n) is 2.52. The van der Waals surface area contributed by atoms with E-state index in [1.165, 1.54) is 33.4 Å². The van der Waals surface area contributed by atoms with Crippen molar-refractivity contribution in [1.29, 1.82) is 0 Å². The van der Waals surface area contributed by atoms with Gasteiger partial charge < -0.3 is 5.73 Å². The Kier molecular flexibility index (Phi) is 3.12. The number of rotatable bonds is 1. The first-order valence-corrected chi connectivity index (χ1v) is 6.22. The lowest BCUT2D eigenvalue weighted by Crippen LogP contribution is -2.01. The molecule has 1 aromatic heterocycles. The number of benzene rings is 1. The molecule has 0 saturated carbocycles. The van der Waals surface area contributed by atoms with Gasteiger partial charge >= 0.3 is 0 Å². The van der Waals surface area contributed by atoms with Crippen molar-refractivity contribution >= 4 is 5.69 Å². The summed E-state index contributed by atoms with van der Waals surface area (Å²) in [6.07, 6.45) is 3.59. The Labute approximate surface area is 109 Å². The maximum absolute atomic E-state index is 6.09. The number of nitrogens with zero attached hydrogens (tertiary/aromatic N) is 1. The number of pyridine rings is 1. The van der Waals surface area contributed by atoms with Gasteiger partial charge in [0.05, 0.1) is 0 Å². The molecule has 2 rings (SSSR count). The summed E-state index contributed by atoms with van der Waals surface area (Å²) in [5, 5.41) is 0. The van der Waals surface area contributed by atoms with Crippen LogP contribution in [-0.4, -0.2) is 4.98 Å². The SMILES string of the molecule is Cc1c(C)c(C)c(-c2cnccc2N)c(C)c1C. The Morgan fingerprint density at radius 3 is 1.83 bits per heavy atom. The van der Waals surface area contributed by atoms with Crippen LogP contribution in [0.5, 0.6) is 0 Å². The molecule has 0 saturated heterocycles. The van der Waals surface area contributed by atoms with Crippen LogP contribution < -0.4 is 5.73 Å². The Morgan fingerprint density at radius 1 is 0.833 bits per heavy atom. The molecule has 2 N–H and O–H groups in total. The van der Waals surface area contributed by atoms with Crippen LogP contribution in [-0.2, 0) is 0 Å². The summed E-state index contributed by atoms with van der Waals surface area (Å²) in [6, 6.07) is 1.86. The van der Waals surface area contributed by atoms with Crippen LogP contribution in [0.2, 0.25) is 0 Å². The van der Waals surface area contributed by atoms with E-state index in [-0.39, 0.29) is 0 Å². The Bertz CT molecular complexity index is 584. The second-order valence-corrected chi connectivity index (χ2v) is 4.96. The van der Waals surface area contributed by atoms with Gasteiger partial charge in [-0.2, -0.15) is 0 Å². The minimum absolute atomic E-state index is 0.791. The van der Waals surface area contributed by atoms with Crippen molar-refractivity contribution in [3.63, 3.8) is 0 Å².